The van der Waals surface area contributed by atoms with Gasteiger partial charge in [-0.05, 0) is 49.7 Å². The smallest absolute Gasteiger partial charge is 0.298 e. The van der Waals surface area contributed by atoms with Crippen molar-refractivity contribution in [2.75, 3.05) is 31.1 Å². The number of benzene rings is 1. The number of likely N-dealkylation sites (tertiary alicyclic amines) is 1. The Hall–Kier alpha value is -1.21. The fourth-order valence-electron chi connectivity index (χ4n) is 5.04. The van der Waals surface area contributed by atoms with Crippen LogP contribution in [-0.2, 0) is 4.79 Å². The highest BCUT2D eigenvalue weighted by molar-refractivity contribution is 6.31. The van der Waals surface area contributed by atoms with Crippen molar-refractivity contribution in [2.24, 2.45) is 23.5 Å². The second-order valence-electron chi connectivity index (χ2n) is 8.29. The molecule has 1 aromatic heterocycles. The lowest BCUT2D eigenvalue weighted by Crippen LogP contribution is -2.53. The van der Waals surface area contributed by atoms with Crippen molar-refractivity contribution in [3.63, 3.8) is 0 Å². The maximum atomic E-state index is 13.0. The zero-order valence-electron chi connectivity index (χ0n) is 16.1. The van der Waals surface area contributed by atoms with Crippen LogP contribution in [0.25, 0.3) is 11.1 Å². The molecule has 2 N–H and O–H groups in total. The molecule has 6 nitrogen and oxygen atoms in total. The summed E-state index contributed by atoms with van der Waals surface area (Å²) >= 11 is 6.02. The fraction of sp³-hybridized carbons (Fsp3) is 0.600. The van der Waals surface area contributed by atoms with Crippen molar-refractivity contribution in [3.05, 3.63) is 23.2 Å². The van der Waals surface area contributed by atoms with Crippen LogP contribution in [-0.4, -0.2) is 48.0 Å². The number of piperidine rings is 2. The van der Waals surface area contributed by atoms with Crippen molar-refractivity contribution in [1.82, 2.24) is 9.88 Å². The van der Waals surface area contributed by atoms with Gasteiger partial charge in [0.25, 0.3) is 6.01 Å². The minimum absolute atomic E-state index is 0. The molecule has 2 aromatic rings. The van der Waals surface area contributed by atoms with Crippen LogP contribution in [0.15, 0.2) is 22.6 Å². The van der Waals surface area contributed by atoms with Crippen LogP contribution < -0.4 is 10.6 Å². The van der Waals surface area contributed by atoms with Crippen molar-refractivity contribution in [1.29, 1.82) is 0 Å². The van der Waals surface area contributed by atoms with Gasteiger partial charge in [-0.2, -0.15) is 4.98 Å². The molecule has 1 aromatic carbocycles. The Bertz CT molecular complexity index is 855. The normalized spacial score (nSPS) is 26.9. The van der Waals surface area contributed by atoms with Crippen LogP contribution in [0.3, 0.4) is 0 Å². The standard InChI is InChI=1S/C20H25ClN4O2.2ClH/c21-15-3-4-16-17(9-15)27-20(23-16)24-7-5-12(6-8-24)19(26)25-10-13-1-2-14(11-25)18(13)22;;/h3-4,9,12-14,18H,1-2,5-8,10-11,22H2;2*1H/t13-,14+,18?;;. The zero-order valence-corrected chi connectivity index (χ0v) is 18.5. The molecule has 160 valence electrons. The minimum Gasteiger partial charge on any atom is -0.423 e. The Kier molecular flexibility index (Phi) is 6.88. The summed E-state index contributed by atoms with van der Waals surface area (Å²) in [7, 11) is 0. The highest BCUT2D eigenvalue weighted by Gasteiger charge is 2.42. The first-order chi connectivity index (χ1) is 13.1. The van der Waals surface area contributed by atoms with E-state index in [0.717, 1.165) is 44.5 Å². The summed E-state index contributed by atoms with van der Waals surface area (Å²) in [5.74, 6) is 1.43. The van der Waals surface area contributed by atoms with Gasteiger partial charge in [0.1, 0.15) is 5.52 Å². The molecule has 1 amide bonds. The quantitative estimate of drug-likeness (QED) is 0.737. The van der Waals surface area contributed by atoms with E-state index in [4.69, 9.17) is 21.8 Å². The predicted octanol–water partition coefficient (Wildman–Crippen LogP) is 3.74. The molecule has 1 saturated carbocycles. The number of carbonyl (C=O) groups is 1. The van der Waals surface area contributed by atoms with E-state index in [1.165, 1.54) is 12.8 Å². The second kappa shape index (κ2) is 8.88. The number of nitrogens with two attached hydrogens (primary N) is 1. The lowest BCUT2D eigenvalue weighted by molar-refractivity contribution is -0.138. The maximum absolute atomic E-state index is 13.0. The average Bonchev–Trinajstić information content (AvgIpc) is 3.16. The molecule has 29 heavy (non-hydrogen) atoms. The van der Waals surface area contributed by atoms with Crippen LogP contribution in [0.4, 0.5) is 6.01 Å². The third-order valence-corrected chi connectivity index (χ3v) is 6.91. The number of nitrogens with zero attached hydrogens (tertiary/aromatic N) is 3. The second-order valence-corrected chi connectivity index (χ2v) is 8.72. The summed E-state index contributed by atoms with van der Waals surface area (Å²) in [6.45, 7) is 3.28. The van der Waals surface area contributed by atoms with Gasteiger partial charge in [-0.15, -0.1) is 24.8 Å². The molecule has 0 radical (unpaired) electrons. The number of aromatic nitrogens is 1. The number of hydrogen-bond acceptors (Lipinski definition) is 5. The first-order valence-corrected chi connectivity index (χ1v) is 10.3. The number of rotatable bonds is 2. The van der Waals surface area contributed by atoms with Gasteiger partial charge in [0.2, 0.25) is 5.91 Å². The van der Waals surface area contributed by atoms with E-state index < -0.39 is 0 Å². The predicted molar refractivity (Wildman–Crippen MR) is 119 cm³/mol. The molecular formula is C20H27Cl3N4O2. The molecule has 3 aliphatic rings. The summed E-state index contributed by atoms with van der Waals surface area (Å²) in [5.41, 5.74) is 7.80. The molecule has 2 bridgehead atoms. The van der Waals surface area contributed by atoms with Crippen molar-refractivity contribution in [3.8, 4) is 0 Å². The van der Waals surface area contributed by atoms with Gasteiger partial charge in [0, 0.05) is 49.2 Å². The summed E-state index contributed by atoms with van der Waals surface area (Å²) in [6.07, 6.45) is 4.04. The van der Waals surface area contributed by atoms with Crippen LogP contribution in [0, 0.1) is 17.8 Å². The van der Waals surface area contributed by atoms with Crippen LogP contribution in [0.2, 0.25) is 5.02 Å². The lowest BCUT2D eigenvalue weighted by atomic mass is 9.90. The van der Waals surface area contributed by atoms with Crippen molar-refractivity contribution < 1.29 is 9.21 Å². The third kappa shape index (κ3) is 4.18. The van der Waals surface area contributed by atoms with Gasteiger partial charge >= 0.3 is 0 Å². The fourth-order valence-corrected chi connectivity index (χ4v) is 5.20. The molecule has 5 rings (SSSR count). The van der Waals surface area contributed by atoms with E-state index in [1.54, 1.807) is 6.07 Å². The Labute approximate surface area is 187 Å². The van der Waals surface area contributed by atoms with Gasteiger partial charge in [-0.1, -0.05) is 11.6 Å². The molecule has 1 aliphatic carbocycles. The topological polar surface area (TPSA) is 75.6 Å². The van der Waals surface area contributed by atoms with Crippen molar-refractivity contribution >= 4 is 59.4 Å². The highest BCUT2D eigenvalue weighted by atomic mass is 35.5. The van der Waals surface area contributed by atoms with Crippen molar-refractivity contribution in [2.45, 2.75) is 31.7 Å². The Morgan fingerprint density at radius 3 is 2.41 bits per heavy atom. The molecule has 1 unspecified atom stereocenters. The SMILES string of the molecule is Cl.Cl.NC1[C@@H]2CC[C@H]1CN(C(=O)C1CCN(c3nc4ccc(Cl)cc4o3)CC1)C2. The summed E-state index contributed by atoms with van der Waals surface area (Å²) in [5, 5.41) is 0.643. The van der Waals surface area contributed by atoms with Crippen LogP contribution in [0.1, 0.15) is 25.7 Å². The van der Waals surface area contributed by atoms with Gasteiger partial charge in [-0.3, -0.25) is 4.79 Å². The Balaban J connectivity index is 0.00000120. The summed E-state index contributed by atoms with van der Waals surface area (Å²) < 4.78 is 5.87. The third-order valence-electron chi connectivity index (χ3n) is 6.67. The molecule has 2 aliphatic heterocycles. The van der Waals surface area contributed by atoms with E-state index in [-0.39, 0.29) is 30.7 Å². The lowest BCUT2D eigenvalue weighted by Gasteiger charge is -2.39. The Morgan fingerprint density at radius 1 is 1.10 bits per heavy atom. The van der Waals surface area contributed by atoms with Crippen LogP contribution >= 0.6 is 36.4 Å². The number of amides is 1. The van der Waals surface area contributed by atoms with E-state index in [2.05, 4.69) is 14.8 Å². The number of halogens is 3. The van der Waals surface area contributed by atoms with E-state index in [9.17, 15) is 4.79 Å². The molecular weight excluding hydrogens is 435 g/mol. The highest BCUT2D eigenvalue weighted by Crippen LogP contribution is 2.37. The Morgan fingerprint density at radius 2 is 1.76 bits per heavy atom. The van der Waals surface area contributed by atoms with E-state index in [0.29, 0.717) is 40.4 Å². The van der Waals surface area contributed by atoms with E-state index >= 15 is 0 Å². The molecule has 3 heterocycles. The van der Waals surface area contributed by atoms with E-state index in [1.807, 2.05) is 12.1 Å². The average molecular weight is 462 g/mol. The van der Waals surface area contributed by atoms with Gasteiger partial charge in [0.15, 0.2) is 5.58 Å². The zero-order chi connectivity index (χ0) is 18.5. The molecule has 3 fully saturated rings. The number of anilines is 1. The van der Waals surface area contributed by atoms with Gasteiger partial charge in [0.05, 0.1) is 0 Å². The minimum atomic E-state index is 0. The first-order valence-electron chi connectivity index (χ1n) is 9.94. The molecule has 9 heteroatoms. The monoisotopic (exact) mass is 460 g/mol. The van der Waals surface area contributed by atoms with Crippen LogP contribution in [0.5, 0.6) is 0 Å². The summed E-state index contributed by atoms with van der Waals surface area (Å²) in [4.78, 5) is 21.8. The van der Waals surface area contributed by atoms with Gasteiger partial charge in [-0.25, -0.2) is 0 Å². The maximum Gasteiger partial charge on any atom is 0.298 e. The number of fused-ring (bicyclic) bond motifs is 3. The summed E-state index contributed by atoms with van der Waals surface area (Å²) in [6, 6.07) is 6.40. The number of oxazole rings is 1. The molecule has 2 saturated heterocycles. The largest absolute Gasteiger partial charge is 0.423 e. The van der Waals surface area contributed by atoms with Gasteiger partial charge < -0.3 is 20.0 Å². The number of hydrogen-bond donors (Lipinski definition) is 1. The molecule has 3 atom stereocenters. The first kappa shape index (κ1) is 22.5. The number of carbonyl (C=O) groups excluding carboxylic acids is 1. The molecule has 0 spiro atoms.